The predicted molar refractivity (Wildman–Crippen MR) is 33.2 cm³/mol. The first-order chi connectivity index (χ1) is 4.36. The molecular weight excluding hydrogens is 114 g/mol. The van der Waals surface area contributed by atoms with Crippen molar-refractivity contribution >= 4 is 0 Å². The van der Waals surface area contributed by atoms with Crippen molar-refractivity contribution in [2.75, 3.05) is 0 Å². The Labute approximate surface area is 53.9 Å². The molecule has 9 heavy (non-hydrogen) atoms. The molecule has 2 heteroatoms. The molecular formula is C7H9NO. The van der Waals surface area contributed by atoms with Crippen molar-refractivity contribution in [2.24, 2.45) is 0 Å². The summed E-state index contributed by atoms with van der Waals surface area (Å²) in [5.74, 6) is 1.59. The van der Waals surface area contributed by atoms with E-state index in [0.717, 1.165) is 11.6 Å². The highest BCUT2D eigenvalue weighted by Crippen LogP contribution is 2.39. The Balaban J connectivity index is 2.28. The molecule has 0 unspecified atom stereocenters. The van der Waals surface area contributed by atoms with E-state index in [0.29, 0.717) is 5.92 Å². The lowest BCUT2D eigenvalue weighted by molar-refractivity contribution is 0.497. The molecule has 0 amide bonds. The standard InChI is InChI=1S/C7H9NO/c1-5-4-9-7(8-5)6-2-3-6/h4,6H,2-3H2,1H3. The third-order valence-corrected chi connectivity index (χ3v) is 1.56. The van der Waals surface area contributed by atoms with Crippen molar-refractivity contribution in [1.82, 2.24) is 4.98 Å². The summed E-state index contributed by atoms with van der Waals surface area (Å²) in [6.07, 6.45) is 4.24. The Morgan fingerprint density at radius 2 is 2.44 bits per heavy atom. The van der Waals surface area contributed by atoms with Gasteiger partial charge in [0.05, 0.1) is 5.69 Å². The zero-order valence-electron chi connectivity index (χ0n) is 5.42. The zero-order valence-corrected chi connectivity index (χ0v) is 5.42. The van der Waals surface area contributed by atoms with Gasteiger partial charge in [-0.3, -0.25) is 0 Å². The molecule has 2 rings (SSSR count). The molecule has 0 aliphatic heterocycles. The zero-order chi connectivity index (χ0) is 6.27. The molecule has 1 heterocycles. The minimum absolute atomic E-state index is 0.652. The maximum atomic E-state index is 5.18. The monoisotopic (exact) mass is 123 g/mol. The number of hydrogen-bond donors (Lipinski definition) is 0. The molecule has 1 aliphatic rings. The Morgan fingerprint density at radius 3 is 2.89 bits per heavy atom. The highest BCUT2D eigenvalue weighted by molar-refractivity contribution is 5.04. The van der Waals surface area contributed by atoms with Crippen LogP contribution in [0.4, 0.5) is 0 Å². The van der Waals surface area contributed by atoms with Crippen LogP contribution in [0.15, 0.2) is 10.7 Å². The molecule has 0 saturated heterocycles. The Morgan fingerprint density at radius 1 is 1.67 bits per heavy atom. The molecule has 0 radical (unpaired) electrons. The van der Waals surface area contributed by atoms with Gasteiger partial charge in [0.2, 0.25) is 0 Å². The van der Waals surface area contributed by atoms with E-state index in [2.05, 4.69) is 4.98 Å². The summed E-state index contributed by atoms with van der Waals surface area (Å²) in [5.41, 5.74) is 0.997. The number of oxazole rings is 1. The minimum Gasteiger partial charge on any atom is -0.448 e. The molecule has 1 aliphatic carbocycles. The van der Waals surface area contributed by atoms with Crippen molar-refractivity contribution in [1.29, 1.82) is 0 Å². The van der Waals surface area contributed by atoms with Crippen molar-refractivity contribution in [3.05, 3.63) is 17.8 Å². The van der Waals surface area contributed by atoms with E-state index in [1.807, 2.05) is 6.92 Å². The average molecular weight is 123 g/mol. The number of nitrogens with zero attached hydrogens (tertiary/aromatic N) is 1. The van der Waals surface area contributed by atoms with Crippen molar-refractivity contribution in [3.63, 3.8) is 0 Å². The lowest BCUT2D eigenvalue weighted by atomic mass is 10.4. The third kappa shape index (κ3) is 0.846. The summed E-state index contributed by atoms with van der Waals surface area (Å²) in [4.78, 5) is 4.21. The van der Waals surface area contributed by atoms with Gasteiger partial charge in [-0.1, -0.05) is 0 Å². The van der Waals surface area contributed by atoms with Gasteiger partial charge in [0, 0.05) is 5.92 Å². The molecule has 1 aromatic rings. The van der Waals surface area contributed by atoms with Crippen molar-refractivity contribution < 1.29 is 4.42 Å². The van der Waals surface area contributed by atoms with E-state index >= 15 is 0 Å². The summed E-state index contributed by atoms with van der Waals surface area (Å²) in [5, 5.41) is 0. The maximum Gasteiger partial charge on any atom is 0.197 e. The normalized spacial score (nSPS) is 18.3. The van der Waals surface area contributed by atoms with E-state index in [-0.39, 0.29) is 0 Å². The second kappa shape index (κ2) is 1.59. The molecule has 1 saturated carbocycles. The fourth-order valence-electron chi connectivity index (χ4n) is 0.890. The van der Waals surface area contributed by atoms with Crippen LogP contribution >= 0.6 is 0 Å². The highest BCUT2D eigenvalue weighted by atomic mass is 16.3. The fourth-order valence-corrected chi connectivity index (χ4v) is 0.890. The molecule has 0 atom stereocenters. The smallest absolute Gasteiger partial charge is 0.197 e. The summed E-state index contributed by atoms with van der Waals surface area (Å²) in [7, 11) is 0. The van der Waals surface area contributed by atoms with E-state index in [1.165, 1.54) is 12.8 Å². The average Bonchev–Trinajstić information content (AvgIpc) is 2.58. The maximum absolute atomic E-state index is 5.18. The Bertz CT molecular complexity index is 212. The highest BCUT2D eigenvalue weighted by Gasteiger charge is 2.27. The van der Waals surface area contributed by atoms with Gasteiger partial charge in [-0.25, -0.2) is 4.98 Å². The molecule has 2 nitrogen and oxygen atoms in total. The third-order valence-electron chi connectivity index (χ3n) is 1.56. The van der Waals surface area contributed by atoms with Crippen LogP contribution in [-0.2, 0) is 0 Å². The van der Waals surface area contributed by atoms with Crippen LogP contribution in [0.5, 0.6) is 0 Å². The summed E-state index contributed by atoms with van der Waals surface area (Å²) < 4.78 is 5.18. The number of aryl methyl sites for hydroxylation is 1. The quantitative estimate of drug-likeness (QED) is 0.569. The largest absolute Gasteiger partial charge is 0.448 e. The molecule has 0 N–H and O–H groups in total. The van der Waals surface area contributed by atoms with Crippen LogP contribution < -0.4 is 0 Å². The van der Waals surface area contributed by atoms with Gasteiger partial charge >= 0.3 is 0 Å². The summed E-state index contributed by atoms with van der Waals surface area (Å²) >= 11 is 0. The second-order valence-electron chi connectivity index (χ2n) is 2.60. The van der Waals surface area contributed by atoms with Gasteiger partial charge in [-0.15, -0.1) is 0 Å². The Kier molecular flexibility index (Phi) is 0.891. The lowest BCUT2D eigenvalue weighted by Crippen LogP contribution is -1.76. The van der Waals surface area contributed by atoms with Crippen LogP contribution in [0.25, 0.3) is 0 Å². The van der Waals surface area contributed by atoms with Gasteiger partial charge < -0.3 is 4.42 Å². The van der Waals surface area contributed by atoms with Crippen LogP contribution in [0, 0.1) is 6.92 Å². The van der Waals surface area contributed by atoms with Crippen LogP contribution in [0.3, 0.4) is 0 Å². The van der Waals surface area contributed by atoms with Crippen LogP contribution in [0.1, 0.15) is 30.3 Å². The minimum atomic E-state index is 0.652. The van der Waals surface area contributed by atoms with Crippen LogP contribution in [0.2, 0.25) is 0 Å². The second-order valence-corrected chi connectivity index (χ2v) is 2.60. The van der Waals surface area contributed by atoms with Gasteiger partial charge in [0.1, 0.15) is 6.26 Å². The first-order valence-corrected chi connectivity index (χ1v) is 3.28. The molecule has 0 bridgehead atoms. The summed E-state index contributed by atoms with van der Waals surface area (Å²) in [6, 6.07) is 0. The van der Waals surface area contributed by atoms with Crippen molar-refractivity contribution in [3.8, 4) is 0 Å². The first kappa shape index (κ1) is 5.03. The molecule has 0 aromatic carbocycles. The van der Waals surface area contributed by atoms with E-state index in [4.69, 9.17) is 4.42 Å². The molecule has 48 valence electrons. The molecule has 1 aromatic heterocycles. The van der Waals surface area contributed by atoms with E-state index < -0.39 is 0 Å². The fraction of sp³-hybridized carbons (Fsp3) is 0.571. The van der Waals surface area contributed by atoms with Crippen LogP contribution in [-0.4, -0.2) is 4.98 Å². The Hall–Kier alpha value is -0.790. The first-order valence-electron chi connectivity index (χ1n) is 3.28. The molecule has 0 spiro atoms. The van der Waals surface area contributed by atoms with Crippen molar-refractivity contribution in [2.45, 2.75) is 25.7 Å². The van der Waals surface area contributed by atoms with Gasteiger partial charge in [0.15, 0.2) is 5.89 Å². The van der Waals surface area contributed by atoms with Gasteiger partial charge in [-0.2, -0.15) is 0 Å². The summed E-state index contributed by atoms with van der Waals surface area (Å²) in [6.45, 7) is 1.95. The lowest BCUT2D eigenvalue weighted by Gasteiger charge is -1.81. The van der Waals surface area contributed by atoms with Gasteiger partial charge in [-0.05, 0) is 19.8 Å². The molecule has 1 fully saturated rings. The topological polar surface area (TPSA) is 26.0 Å². The number of hydrogen-bond acceptors (Lipinski definition) is 2. The number of rotatable bonds is 1. The van der Waals surface area contributed by atoms with Gasteiger partial charge in [0.25, 0.3) is 0 Å². The van der Waals surface area contributed by atoms with E-state index in [1.54, 1.807) is 6.26 Å². The predicted octanol–water partition coefficient (Wildman–Crippen LogP) is 1.86. The number of aromatic nitrogens is 1. The van der Waals surface area contributed by atoms with E-state index in [9.17, 15) is 0 Å². The SMILES string of the molecule is Cc1coc(C2CC2)n1.